The number of carbonyl (C=O) groups is 1. The minimum Gasteiger partial charge on any atom is -0.333 e. The Kier molecular flexibility index (Phi) is 6.22. The first-order valence-corrected chi connectivity index (χ1v) is 9.46. The maximum absolute atomic E-state index is 13.1. The molecule has 0 aliphatic rings. The zero-order valence-electron chi connectivity index (χ0n) is 17.0. The molecule has 0 bridgehead atoms. The lowest BCUT2D eigenvalue weighted by Gasteiger charge is -2.31. The minimum absolute atomic E-state index is 0.0122. The van der Waals surface area contributed by atoms with Crippen molar-refractivity contribution in [1.82, 2.24) is 14.8 Å². The molecule has 0 unspecified atom stereocenters. The first-order valence-electron chi connectivity index (χ1n) is 9.46. The lowest BCUT2D eigenvalue weighted by Crippen LogP contribution is -2.37. The minimum atomic E-state index is -0.0122. The van der Waals surface area contributed by atoms with E-state index in [1.165, 1.54) is 0 Å². The van der Waals surface area contributed by atoms with E-state index in [4.69, 9.17) is 0 Å². The second-order valence-corrected chi connectivity index (χ2v) is 7.35. The van der Waals surface area contributed by atoms with Crippen molar-refractivity contribution in [3.63, 3.8) is 0 Å². The molecule has 1 aromatic heterocycles. The number of rotatable bonds is 6. The van der Waals surface area contributed by atoms with Crippen LogP contribution in [0.5, 0.6) is 0 Å². The van der Waals surface area contributed by atoms with Crippen molar-refractivity contribution in [3.05, 3.63) is 89.6 Å². The highest BCUT2D eigenvalue weighted by Crippen LogP contribution is 2.23. The fourth-order valence-electron chi connectivity index (χ4n) is 3.31. The molecule has 0 fully saturated rings. The highest BCUT2D eigenvalue weighted by molar-refractivity contribution is 5.94. The number of carbonyl (C=O) groups excluding carboxylic acids is 1. The topological polar surface area (TPSA) is 36.4 Å². The van der Waals surface area contributed by atoms with Crippen LogP contribution in [0.25, 0.3) is 11.3 Å². The Morgan fingerprint density at radius 2 is 1.57 bits per heavy atom. The Morgan fingerprint density at radius 1 is 0.893 bits per heavy atom. The fourth-order valence-corrected chi connectivity index (χ4v) is 3.31. The van der Waals surface area contributed by atoms with Crippen LogP contribution in [0.1, 0.15) is 27.7 Å². The molecule has 0 saturated carbocycles. The van der Waals surface area contributed by atoms with Gasteiger partial charge >= 0.3 is 0 Å². The summed E-state index contributed by atoms with van der Waals surface area (Å²) in [6.45, 7) is 2.74. The van der Waals surface area contributed by atoms with Crippen molar-refractivity contribution in [2.45, 2.75) is 13.0 Å². The number of likely N-dealkylation sites (N-methyl/N-ethyl adjacent to an activating group) is 2. The highest BCUT2D eigenvalue weighted by Gasteiger charge is 2.23. The van der Waals surface area contributed by atoms with E-state index in [-0.39, 0.29) is 11.9 Å². The van der Waals surface area contributed by atoms with Gasteiger partial charge in [-0.3, -0.25) is 9.78 Å². The maximum Gasteiger partial charge on any atom is 0.254 e. The SMILES string of the molecule is Cc1cccc(-c2ccc(C(=O)N(C)[C@@H](CN(C)C)c3ccccc3)cc2)n1. The van der Waals surface area contributed by atoms with Gasteiger partial charge in [0.25, 0.3) is 5.91 Å². The van der Waals surface area contributed by atoms with Gasteiger partial charge in [-0.15, -0.1) is 0 Å². The van der Waals surface area contributed by atoms with Crippen LogP contribution in [-0.2, 0) is 0 Å². The zero-order valence-corrected chi connectivity index (χ0v) is 17.0. The summed E-state index contributed by atoms with van der Waals surface area (Å²) in [5, 5.41) is 0. The molecule has 0 aliphatic heterocycles. The fraction of sp³-hybridized carbons (Fsp3) is 0.250. The van der Waals surface area contributed by atoms with E-state index < -0.39 is 0 Å². The van der Waals surface area contributed by atoms with E-state index in [9.17, 15) is 4.79 Å². The Labute approximate surface area is 167 Å². The van der Waals surface area contributed by atoms with E-state index in [2.05, 4.69) is 22.0 Å². The molecule has 1 amide bonds. The van der Waals surface area contributed by atoms with Crippen LogP contribution in [0.4, 0.5) is 0 Å². The quantitative estimate of drug-likeness (QED) is 0.641. The summed E-state index contributed by atoms with van der Waals surface area (Å²) in [5.41, 5.74) is 4.72. The molecule has 0 aliphatic carbocycles. The average Bonchev–Trinajstić information content (AvgIpc) is 2.71. The summed E-state index contributed by atoms with van der Waals surface area (Å²) in [6.07, 6.45) is 0. The Hall–Kier alpha value is -2.98. The Balaban J connectivity index is 1.83. The third-order valence-corrected chi connectivity index (χ3v) is 4.83. The molecule has 0 N–H and O–H groups in total. The molecular weight excluding hydrogens is 346 g/mol. The number of hydrogen-bond donors (Lipinski definition) is 0. The monoisotopic (exact) mass is 373 g/mol. The molecule has 0 saturated heterocycles. The van der Waals surface area contributed by atoms with Crippen LogP contribution in [-0.4, -0.2) is 48.4 Å². The summed E-state index contributed by atoms with van der Waals surface area (Å²) in [5.74, 6) is 0.0134. The van der Waals surface area contributed by atoms with Gasteiger partial charge < -0.3 is 9.80 Å². The third-order valence-electron chi connectivity index (χ3n) is 4.83. The lowest BCUT2D eigenvalue weighted by atomic mass is 10.0. The van der Waals surface area contributed by atoms with Gasteiger partial charge in [0.05, 0.1) is 11.7 Å². The van der Waals surface area contributed by atoms with E-state index in [0.29, 0.717) is 5.56 Å². The summed E-state index contributed by atoms with van der Waals surface area (Å²) in [6, 6.07) is 23.8. The molecule has 1 heterocycles. The summed E-state index contributed by atoms with van der Waals surface area (Å²) < 4.78 is 0. The molecule has 4 heteroatoms. The first-order chi connectivity index (χ1) is 13.5. The predicted octanol–water partition coefficient (Wildman–Crippen LogP) is 4.43. The molecule has 3 rings (SSSR count). The number of hydrogen-bond acceptors (Lipinski definition) is 3. The van der Waals surface area contributed by atoms with Crippen LogP contribution in [0.15, 0.2) is 72.8 Å². The van der Waals surface area contributed by atoms with E-state index >= 15 is 0 Å². The molecule has 1 atom stereocenters. The first kappa shape index (κ1) is 19.8. The predicted molar refractivity (Wildman–Crippen MR) is 114 cm³/mol. The van der Waals surface area contributed by atoms with Crippen LogP contribution in [0.2, 0.25) is 0 Å². The van der Waals surface area contributed by atoms with E-state index in [1.807, 2.05) is 93.6 Å². The van der Waals surface area contributed by atoms with Crippen molar-refractivity contribution in [2.75, 3.05) is 27.7 Å². The largest absolute Gasteiger partial charge is 0.333 e. The Morgan fingerprint density at radius 3 is 2.18 bits per heavy atom. The van der Waals surface area contributed by atoms with Crippen molar-refractivity contribution in [2.24, 2.45) is 0 Å². The number of benzene rings is 2. The van der Waals surface area contributed by atoms with Crippen molar-refractivity contribution in [3.8, 4) is 11.3 Å². The number of pyridine rings is 1. The highest BCUT2D eigenvalue weighted by atomic mass is 16.2. The molecule has 2 aromatic carbocycles. The van der Waals surface area contributed by atoms with Crippen molar-refractivity contribution < 1.29 is 4.79 Å². The van der Waals surface area contributed by atoms with Gasteiger partial charge in [-0.25, -0.2) is 0 Å². The van der Waals surface area contributed by atoms with Crippen molar-refractivity contribution in [1.29, 1.82) is 0 Å². The number of nitrogens with zero attached hydrogens (tertiary/aromatic N) is 3. The number of aromatic nitrogens is 1. The van der Waals surface area contributed by atoms with Gasteiger partial charge in [0.1, 0.15) is 0 Å². The second kappa shape index (κ2) is 8.81. The van der Waals surface area contributed by atoms with Crippen LogP contribution in [0, 0.1) is 6.92 Å². The zero-order chi connectivity index (χ0) is 20.1. The second-order valence-electron chi connectivity index (χ2n) is 7.35. The summed E-state index contributed by atoms with van der Waals surface area (Å²) in [7, 11) is 5.93. The molecule has 144 valence electrons. The smallest absolute Gasteiger partial charge is 0.254 e. The van der Waals surface area contributed by atoms with Gasteiger partial charge in [-0.2, -0.15) is 0 Å². The molecule has 28 heavy (non-hydrogen) atoms. The molecule has 4 nitrogen and oxygen atoms in total. The molecule has 3 aromatic rings. The average molecular weight is 374 g/mol. The standard InChI is InChI=1S/C24H27N3O/c1-18-9-8-12-22(25-18)19-13-15-21(16-14-19)24(28)27(4)23(17-26(2)3)20-10-6-5-7-11-20/h5-16,23H,17H2,1-4H3/t23-/m0/s1. The lowest BCUT2D eigenvalue weighted by molar-refractivity contribution is 0.0705. The van der Waals surface area contributed by atoms with Crippen LogP contribution >= 0.6 is 0 Å². The molecule has 0 spiro atoms. The van der Waals surface area contributed by atoms with Gasteiger partial charge in [0.2, 0.25) is 0 Å². The molecular formula is C24H27N3O. The third kappa shape index (κ3) is 4.65. The summed E-state index contributed by atoms with van der Waals surface area (Å²) >= 11 is 0. The summed E-state index contributed by atoms with van der Waals surface area (Å²) in [4.78, 5) is 21.6. The van der Waals surface area contributed by atoms with Gasteiger partial charge in [-0.05, 0) is 50.8 Å². The van der Waals surface area contributed by atoms with Crippen LogP contribution < -0.4 is 0 Å². The maximum atomic E-state index is 13.1. The Bertz CT molecular complexity index is 920. The van der Waals surface area contributed by atoms with Gasteiger partial charge in [-0.1, -0.05) is 48.5 Å². The van der Waals surface area contributed by atoms with Crippen molar-refractivity contribution >= 4 is 5.91 Å². The number of aryl methyl sites for hydroxylation is 1. The van der Waals surface area contributed by atoms with Crippen LogP contribution in [0.3, 0.4) is 0 Å². The normalized spacial score (nSPS) is 12.0. The van der Waals surface area contributed by atoms with Gasteiger partial charge in [0.15, 0.2) is 0 Å². The van der Waals surface area contributed by atoms with Gasteiger partial charge in [0, 0.05) is 30.4 Å². The van der Waals surface area contributed by atoms with E-state index in [1.54, 1.807) is 0 Å². The number of amides is 1. The van der Waals surface area contributed by atoms with E-state index in [0.717, 1.165) is 29.1 Å². The molecule has 0 radical (unpaired) electrons.